The minimum absolute atomic E-state index is 0.0766. The first-order valence-electron chi connectivity index (χ1n) is 14.9. The van der Waals surface area contributed by atoms with Gasteiger partial charge in [0, 0.05) is 36.0 Å². The van der Waals surface area contributed by atoms with E-state index < -0.39 is 30.3 Å². The van der Waals surface area contributed by atoms with Crippen LogP contribution in [0, 0.1) is 0 Å². The number of nitrogens with one attached hydrogen (secondary N) is 2. The number of carboxylic acid groups (broad SMARTS) is 1. The zero-order valence-electron chi connectivity index (χ0n) is 25.6. The summed E-state index contributed by atoms with van der Waals surface area (Å²) in [5.41, 5.74) is 3.76. The summed E-state index contributed by atoms with van der Waals surface area (Å²) in [6, 6.07) is 25.4. The summed E-state index contributed by atoms with van der Waals surface area (Å²) in [5, 5.41) is 25.0. The lowest BCUT2D eigenvalue weighted by molar-refractivity contribution is -0.245. The lowest BCUT2D eigenvalue weighted by atomic mass is 10.0. The van der Waals surface area contributed by atoms with E-state index in [-0.39, 0.29) is 30.8 Å². The van der Waals surface area contributed by atoms with Gasteiger partial charge in [-0.05, 0) is 41.0 Å². The molecule has 0 spiro atoms. The average molecular weight is 658 g/mol. The number of nitrogens with zero attached hydrogens (tertiary/aromatic N) is 1. The van der Waals surface area contributed by atoms with Crippen LogP contribution in [0.5, 0.6) is 0 Å². The number of ether oxygens (including phenoxy) is 3. The number of thioether (sulfide) groups is 1. The number of urea groups is 1. The van der Waals surface area contributed by atoms with Gasteiger partial charge in [0.15, 0.2) is 6.29 Å². The molecule has 0 aliphatic carbocycles. The molecule has 0 radical (unpaired) electrons. The molecule has 4 N–H and O–H groups in total. The molecule has 11 nitrogen and oxygen atoms in total. The van der Waals surface area contributed by atoms with E-state index in [2.05, 4.69) is 15.6 Å². The highest BCUT2D eigenvalue weighted by molar-refractivity contribution is 7.99. The van der Waals surface area contributed by atoms with Gasteiger partial charge in [-0.3, -0.25) is 0 Å². The summed E-state index contributed by atoms with van der Waals surface area (Å²) in [6.07, 6.45) is 0.783. The molecular formula is C35H35N3O8S. The van der Waals surface area contributed by atoms with Crippen LogP contribution >= 0.6 is 11.8 Å². The monoisotopic (exact) mass is 657 g/mol. The van der Waals surface area contributed by atoms with Gasteiger partial charge in [0.1, 0.15) is 11.1 Å². The number of carboxylic acids is 1. The lowest BCUT2D eigenvalue weighted by Crippen LogP contribution is -2.45. The standard InChI is InChI=1S/C35H35N3O8S/c1-44-33(42)29(17-22-7-3-2-4-8-22)38-35(43)37-26-10-5-9-25(18-26)34-45-27(21-47-31-28(32(40)41)11-6-16-36-31)19-30(46-34)24-14-12-23(20-39)13-15-24/h2-16,18,27,29-30,34,39H,17,19-21H2,1H3,(H,40,41)(H2,37,38,43)/t27-,29+,30+,34+/m1/s1. The van der Waals surface area contributed by atoms with E-state index in [0.717, 1.165) is 16.7 Å². The van der Waals surface area contributed by atoms with Crippen LogP contribution in [0.1, 0.15) is 51.4 Å². The number of pyridine rings is 1. The van der Waals surface area contributed by atoms with Gasteiger partial charge in [-0.1, -0.05) is 66.7 Å². The maximum absolute atomic E-state index is 13.0. The molecule has 4 atom stereocenters. The molecule has 5 rings (SSSR count). The molecule has 47 heavy (non-hydrogen) atoms. The predicted octanol–water partition coefficient (Wildman–Crippen LogP) is 5.52. The number of hydrogen-bond donors (Lipinski definition) is 4. The fourth-order valence-electron chi connectivity index (χ4n) is 5.14. The number of methoxy groups -OCH3 is 1. The molecule has 12 heteroatoms. The van der Waals surface area contributed by atoms with Crippen LogP contribution in [0.25, 0.3) is 0 Å². The first kappa shape index (κ1) is 33.6. The summed E-state index contributed by atoms with van der Waals surface area (Å²) in [6.45, 7) is -0.0766. The van der Waals surface area contributed by atoms with Gasteiger partial charge in [-0.25, -0.2) is 19.4 Å². The average Bonchev–Trinajstić information content (AvgIpc) is 3.10. The van der Waals surface area contributed by atoms with Crippen molar-refractivity contribution in [3.8, 4) is 0 Å². The van der Waals surface area contributed by atoms with E-state index >= 15 is 0 Å². The molecule has 3 aromatic carbocycles. The van der Waals surface area contributed by atoms with Crippen molar-refractivity contribution >= 4 is 35.4 Å². The smallest absolute Gasteiger partial charge is 0.338 e. The molecule has 1 aliphatic rings. The molecule has 244 valence electrons. The Morgan fingerprint density at radius 2 is 1.74 bits per heavy atom. The van der Waals surface area contributed by atoms with Crippen molar-refractivity contribution in [1.82, 2.24) is 10.3 Å². The number of aromatic nitrogens is 1. The van der Waals surface area contributed by atoms with E-state index in [0.29, 0.717) is 28.5 Å². The molecule has 4 aromatic rings. The van der Waals surface area contributed by atoms with Crippen molar-refractivity contribution in [3.05, 3.63) is 125 Å². The van der Waals surface area contributed by atoms with Gasteiger partial charge in [-0.15, -0.1) is 11.8 Å². The Kier molecular flexibility index (Phi) is 11.6. The fourth-order valence-corrected chi connectivity index (χ4v) is 6.14. The largest absolute Gasteiger partial charge is 0.478 e. The molecule has 0 bridgehead atoms. The normalized spacial score (nSPS) is 18.1. The number of carbonyl (C=O) groups is 3. The van der Waals surface area contributed by atoms with Gasteiger partial charge in [0.2, 0.25) is 0 Å². The number of hydrogen-bond acceptors (Lipinski definition) is 9. The van der Waals surface area contributed by atoms with Gasteiger partial charge < -0.3 is 35.1 Å². The third-order valence-corrected chi connectivity index (χ3v) is 8.65. The van der Waals surface area contributed by atoms with Crippen LogP contribution in [-0.2, 0) is 32.0 Å². The number of carbonyl (C=O) groups excluding carboxylic acids is 2. The quantitative estimate of drug-likeness (QED) is 0.113. The Morgan fingerprint density at radius 1 is 0.957 bits per heavy atom. The van der Waals surface area contributed by atoms with E-state index in [1.807, 2.05) is 60.7 Å². The molecule has 1 saturated heterocycles. The number of rotatable bonds is 12. The summed E-state index contributed by atoms with van der Waals surface area (Å²) < 4.78 is 17.7. The van der Waals surface area contributed by atoms with Gasteiger partial charge in [0.25, 0.3) is 0 Å². The molecule has 0 unspecified atom stereocenters. The Bertz CT molecular complexity index is 1670. The third-order valence-electron chi connectivity index (χ3n) is 7.51. The van der Waals surface area contributed by atoms with E-state index in [4.69, 9.17) is 14.2 Å². The van der Waals surface area contributed by atoms with E-state index in [1.165, 1.54) is 24.9 Å². The minimum Gasteiger partial charge on any atom is -0.478 e. The highest BCUT2D eigenvalue weighted by atomic mass is 32.2. The Hall–Kier alpha value is -4.75. The summed E-state index contributed by atoms with van der Waals surface area (Å²) in [4.78, 5) is 41.4. The molecule has 2 heterocycles. The van der Waals surface area contributed by atoms with Crippen LogP contribution in [0.2, 0.25) is 0 Å². The van der Waals surface area contributed by atoms with Crippen LogP contribution in [-0.4, -0.2) is 58.2 Å². The van der Waals surface area contributed by atoms with Crippen molar-refractivity contribution in [2.75, 3.05) is 18.2 Å². The van der Waals surface area contributed by atoms with Crippen molar-refractivity contribution in [3.63, 3.8) is 0 Å². The summed E-state index contributed by atoms with van der Waals surface area (Å²) in [7, 11) is 1.27. The van der Waals surface area contributed by atoms with Crippen LogP contribution in [0.15, 0.2) is 102 Å². The second-order valence-corrected chi connectivity index (χ2v) is 11.8. The SMILES string of the molecule is COC(=O)[C@H](Cc1ccccc1)NC(=O)Nc1cccc([C@H]2O[C@@H](CSc3ncccc3C(=O)O)C[C@@H](c3ccc(CO)cc3)O2)c1. The van der Waals surface area contributed by atoms with Crippen molar-refractivity contribution in [1.29, 1.82) is 0 Å². The highest BCUT2D eigenvalue weighted by Gasteiger charge is 2.33. The zero-order valence-corrected chi connectivity index (χ0v) is 26.4. The molecule has 0 saturated carbocycles. The van der Waals surface area contributed by atoms with Gasteiger partial charge in [-0.2, -0.15) is 0 Å². The van der Waals surface area contributed by atoms with Gasteiger partial charge in [0.05, 0.1) is 31.5 Å². The van der Waals surface area contributed by atoms with Crippen molar-refractivity contribution in [2.24, 2.45) is 0 Å². The molecule has 1 aliphatic heterocycles. The van der Waals surface area contributed by atoms with Crippen LogP contribution in [0.4, 0.5) is 10.5 Å². The number of benzene rings is 3. The molecular weight excluding hydrogens is 622 g/mol. The maximum atomic E-state index is 13.0. The first-order valence-corrected chi connectivity index (χ1v) is 15.9. The van der Waals surface area contributed by atoms with Crippen LogP contribution < -0.4 is 10.6 Å². The second kappa shape index (κ2) is 16.2. The third kappa shape index (κ3) is 9.17. The fraction of sp³-hybridized carbons (Fsp3) is 0.257. The first-order chi connectivity index (χ1) is 22.8. The maximum Gasteiger partial charge on any atom is 0.338 e. The van der Waals surface area contributed by atoms with E-state index in [9.17, 15) is 24.6 Å². The minimum atomic E-state index is -1.06. The highest BCUT2D eigenvalue weighted by Crippen LogP contribution is 2.40. The van der Waals surface area contributed by atoms with Crippen molar-refractivity contribution < 1.29 is 38.8 Å². The molecule has 1 fully saturated rings. The number of aromatic carboxylic acids is 1. The Morgan fingerprint density at radius 3 is 2.47 bits per heavy atom. The van der Waals surface area contributed by atoms with Crippen molar-refractivity contribution in [2.45, 2.75) is 49.0 Å². The second-order valence-electron chi connectivity index (χ2n) is 10.8. The molecule has 2 amide bonds. The summed E-state index contributed by atoms with van der Waals surface area (Å²) in [5.74, 6) is -1.21. The van der Waals surface area contributed by atoms with Gasteiger partial charge >= 0.3 is 18.0 Å². The van der Waals surface area contributed by atoms with E-state index in [1.54, 1.807) is 30.5 Å². The summed E-state index contributed by atoms with van der Waals surface area (Å²) >= 11 is 1.30. The Balaban J connectivity index is 1.31. The number of esters is 1. The number of aliphatic hydroxyl groups is 1. The number of anilines is 1. The topological polar surface area (TPSA) is 156 Å². The Labute approximate surface area is 276 Å². The number of aliphatic hydroxyl groups excluding tert-OH is 1. The molecule has 1 aromatic heterocycles. The lowest BCUT2D eigenvalue weighted by Gasteiger charge is -2.36. The predicted molar refractivity (Wildman–Crippen MR) is 175 cm³/mol. The van der Waals surface area contributed by atoms with Crippen LogP contribution in [0.3, 0.4) is 0 Å². The number of amides is 2. The zero-order chi connectivity index (χ0) is 33.2.